The second-order valence-electron chi connectivity index (χ2n) is 6.19. The van der Waals surface area contributed by atoms with Gasteiger partial charge in [0.1, 0.15) is 12.4 Å². The monoisotopic (exact) mass is 387 g/mol. The minimum Gasteiger partial charge on any atom is -0.493 e. The summed E-state index contributed by atoms with van der Waals surface area (Å²) < 4.78 is 54.2. The molecule has 148 valence electrons. The van der Waals surface area contributed by atoms with Crippen molar-refractivity contribution in [2.75, 3.05) is 31.8 Å². The minimum absolute atomic E-state index is 0.0646. The number of aryl methyl sites for hydroxylation is 1. The van der Waals surface area contributed by atoms with Gasteiger partial charge in [0.2, 0.25) is 0 Å². The fourth-order valence-corrected chi connectivity index (χ4v) is 2.95. The molecule has 0 saturated carbocycles. The summed E-state index contributed by atoms with van der Waals surface area (Å²) in [5, 5.41) is 5.10. The van der Waals surface area contributed by atoms with E-state index >= 15 is 0 Å². The highest BCUT2D eigenvalue weighted by atomic mass is 19.4. The SMILES string of the molecule is COCc1cc2c(N3CCOC3=O)nn(C)c2cc1OCCCC(F)(F)F. The van der Waals surface area contributed by atoms with Crippen LogP contribution in [-0.4, -0.2) is 48.9 Å². The molecule has 1 aliphatic rings. The molecule has 1 saturated heterocycles. The maximum Gasteiger partial charge on any atom is 0.415 e. The molecule has 1 fully saturated rings. The van der Waals surface area contributed by atoms with Crippen molar-refractivity contribution < 1.29 is 32.2 Å². The van der Waals surface area contributed by atoms with Gasteiger partial charge < -0.3 is 14.2 Å². The molecule has 0 unspecified atom stereocenters. The first kappa shape index (κ1) is 19.3. The molecule has 3 rings (SSSR count). The molecule has 0 radical (unpaired) electrons. The van der Waals surface area contributed by atoms with E-state index in [4.69, 9.17) is 14.2 Å². The van der Waals surface area contributed by atoms with Gasteiger partial charge in [-0.1, -0.05) is 0 Å². The van der Waals surface area contributed by atoms with Gasteiger partial charge in [-0.25, -0.2) is 4.79 Å². The molecule has 10 heteroatoms. The van der Waals surface area contributed by atoms with Gasteiger partial charge in [0.15, 0.2) is 5.82 Å². The van der Waals surface area contributed by atoms with Crippen LogP contribution in [0, 0.1) is 0 Å². The summed E-state index contributed by atoms with van der Waals surface area (Å²) in [5.74, 6) is 0.904. The summed E-state index contributed by atoms with van der Waals surface area (Å²) in [7, 11) is 3.23. The number of anilines is 1. The molecule has 0 N–H and O–H groups in total. The maximum atomic E-state index is 12.3. The number of nitrogens with zero attached hydrogens (tertiary/aromatic N) is 3. The average molecular weight is 387 g/mol. The number of rotatable bonds is 7. The number of cyclic esters (lactones) is 1. The van der Waals surface area contributed by atoms with E-state index in [2.05, 4.69) is 5.10 Å². The number of methoxy groups -OCH3 is 1. The highest BCUT2D eigenvalue weighted by molar-refractivity contribution is 6.00. The van der Waals surface area contributed by atoms with Crippen LogP contribution in [0.5, 0.6) is 5.75 Å². The first-order chi connectivity index (χ1) is 12.8. The molecule has 0 atom stereocenters. The van der Waals surface area contributed by atoms with Crippen LogP contribution in [0.3, 0.4) is 0 Å². The van der Waals surface area contributed by atoms with Crippen molar-refractivity contribution in [2.24, 2.45) is 7.05 Å². The Hall–Kier alpha value is -2.49. The van der Waals surface area contributed by atoms with Crippen molar-refractivity contribution in [3.05, 3.63) is 17.7 Å². The number of fused-ring (bicyclic) bond motifs is 1. The summed E-state index contributed by atoms with van der Waals surface area (Å²) in [6, 6.07) is 3.49. The van der Waals surface area contributed by atoms with E-state index in [0.29, 0.717) is 41.2 Å². The van der Waals surface area contributed by atoms with Crippen molar-refractivity contribution in [1.82, 2.24) is 9.78 Å². The zero-order chi connectivity index (χ0) is 19.6. The van der Waals surface area contributed by atoms with Crippen LogP contribution >= 0.6 is 0 Å². The topological polar surface area (TPSA) is 65.8 Å². The summed E-state index contributed by atoms with van der Waals surface area (Å²) in [6.45, 7) is 0.844. The number of alkyl halides is 3. The molecule has 7 nitrogen and oxygen atoms in total. The Labute approximate surface area is 153 Å². The van der Waals surface area contributed by atoms with Crippen molar-refractivity contribution in [3.63, 3.8) is 0 Å². The third-order valence-electron chi connectivity index (χ3n) is 4.19. The lowest BCUT2D eigenvalue weighted by Crippen LogP contribution is -2.24. The third kappa shape index (κ3) is 4.26. The third-order valence-corrected chi connectivity index (χ3v) is 4.19. The van der Waals surface area contributed by atoms with Gasteiger partial charge in [-0.15, -0.1) is 0 Å². The zero-order valence-electron chi connectivity index (χ0n) is 15.0. The Morgan fingerprint density at radius 3 is 2.74 bits per heavy atom. The van der Waals surface area contributed by atoms with Crippen LogP contribution in [0.2, 0.25) is 0 Å². The predicted octanol–water partition coefficient (Wildman–Crippen LogP) is 3.40. The lowest BCUT2D eigenvalue weighted by atomic mass is 10.1. The normalized spacial score (nSPS) is 14.9. The van der Waals surface area contributed by atoms with E-state index in [1.165, 1.54) is 12.0 Å². The summed E-state index contributed by atoms with van der Waals surface area (Å²) in [4.78, 5) is 13.3. The summed E-state index contributed by atoms with van der Waals surface area (Å²) in [6.07, 6.45) is -5.70. The molecule has 0 spiro atoms. The van der Waals surface area contributed by atoms with E-state index in [0.717, 1.165) is 0 Å². The summed E-state index contributed by atoms with van der Waals surface area (Å²) in [5.41, 5.74) is 1.36. The van der Waals surface area contributed by atoms with Crippen molar-refractivity contribution in [2.45, 2.75) is 25.6 Å². The van der Waals surface area contributed by atoms with Gasteiger partial charge in [-0.05, 0) is 12.5 Å². The standard InChI is InChI=1S/C17H20F3N3O4/c1-22-13-9-14(26-6-3-4-17(18,19)20)11(10-25-2)8-12(13)15(21-22)23-5-7-27-16(23)24/h8-9H,3-7,10H2,1-2H3. The molecular weight excluding hydrogens is 367 g/mol. The van der Waals surface area contributed by atoms with E-state index in [9.17, 15) is 18.0 Å². The predicted molar refractivity (Wildman–Crippen MR) is 90.9 cm³/mol. The number of ether oxygens (including phenoxy) is 3. The molecule has 1 aliphatic heterocycles. The van der Waals surface area contributed by atoms with Crippen LogP contribution in [-0.2, 0) is 23.1 Å². The van der Waals surface area contributed by atoms with Gasteiger partial charge in [0.25, 0.3) is 0 Å². The Bertz CT molecular complexity index is 835. The fourth-order valence-electron chi connectivity index (χ4n) is 2.95. The van der Waals surface area contributed by atoms with Gasteiger partial charge in [0, 0.05) is 37.6 Å². The smallest absolute Gasteiger partial charge is 0.415 e. The Kier molecular flexibility index (Phi) is 5.45. The van der Waals surface area contributed by atoms with Crippen molar-refractivity contribution in [1.29, 1.82) is 0 Å². The first-order valence-electron chi connectivity index (χ1n) is 8.42. The highest BCUT2D eigenvalue weighted by Crippen LogP contribution is 2.34. The van der Waals surface area contributed by atoms with E-state index in [1.54, 1.807) is 23.9 Å². The second-order valence-corrected chi connectivity index (χ2v) is 6.19. The number of amides is 1. The van der Waals surface area contributed by atoms with Crippen LogP contribution < -0.4 is 9.64 Å². The number of hydrogen-bond acceptors (Lipinski definition) is 5. The number of carbonyl (C=O) groups excluding carboxylic acids is 1. The van der Waals surface area contributed by atoms with Crippen LogP contribution in [0.15, 0.2) is 12.1 Å². The van der Waals surface area contributed by atoms with Crippen LogP contribution in [0.4, 0.5) is 23.8 Å². The molecule has 2 aromatic rings. The molecule has 1 amide bonds. The number of benzene rings is 1. The summed E-state index contributed by atoms with van der Waals surface area (Å²) >= 11 is 0. The zero-order valence-corrected chi connectivity index (χ0v) is 15.0. The molecule has 0 bridgehead atoms. The molecule has 2 heterocycles. The quantitative estimate of drug-likeness (QED) is 0.682. The van der Waals surface area contributed by atoms with E-state index < -0.39 is 18.7 Å². The van der Waals surface area contributed by atoms with E-state index in [1.807, 2.05) is 0 Å². The second kappa shape index (κ2) is 7.63. The van der Waals surface area contributed by atoms with Crippen molar-refractivity contribution in [3.8, 4) is 5.75 Å². The molecule has 1 aromatic heterocycles. The molecule has 0 aliphatic carbocycles. The number of carbonyl (C=O) groups is 1. The average Bonchev–Trinajstić information content (AvgIpc) is 3.14. The lowest BCUT2D eigenvalue weighted by Gasteiger charge is -2.14. The highest BCUT2D eigenvalue weighted by Gasteiger charge is 2.29. The maximum absolute atomic E-state index is 12.3. The van der Waals surface area contributed by atoms with Crippen LogP contribution in [0.25, 0.3) is 10.9 Å². The van der Waals surface area contributed by atoms with Crippen molar-refractivity contribution >= 4 is 22.8 Å². The molecule has 1 aromatic carbocycles. The number of hydrogen-bond donors (Lipinski definition) is 0. The van der Waals surface area contributed by atoms with Gasteiger partial charge in [-0.3, -0.25) is 9.58 Å². The fraction of sp³-hybridized carbons (Fsp3) is 0.529. The Morgan fingerprint density at radius 1 is 1.33 bits per heavy atom. The largest absolute Gasteiger partial charge is 0.493 e. The molecule has 27 heavy (non-hydrogen) atoms. The number of halogens is 3. The van der Waals surface area contributed by atoms with Gasteiger partial charge in [0.05, 0.1) is 25.3 Å². The minimum atomic E-state index is -4.20. The Balaban J connectivity index is 1.89. The van der Waals surface area contributed by atoms with E-state index in [-0.39, 0.29) is 19.6 Å². The first-order valence-corrected chi connectivity index (χ1v) is 8.42. The van der Waals surface area contributed by atoms with Crippen LogP contribution in [0.1, 0.15) is 18.4 Å². The number of aromatic nitrogens is 2. The Morgan fingerprint density at radius 2 is 2.11 bits per heavy atom. The van der Waals surface area contributed by atoms with Gasteiger partial charge >= 0.3 is 12.3 Å². The lowest BCUT2D eigenvalue weighted by molar-refractivity contribution is -0.136. The molecular formula is C17H20F3N3O4. The van der Waals surface area contributed by atoms with Gasteiger partial charge in [-0.2, -0.15) is 18.3 Å².